The van der Waals surface area contributed by atoms with Crippen molar-refractivity contribution in [2.75, 3.05) is 6.54 Å². The number of nitrogens with one attached hydrogen (secondary N) is 2. The van der Waals surface area contributed by atoms with Crippen molar-refractivity contribution >= 4 is 11.8 Å². The van der Waals surface area contributed by atoms with Crippen LogP contribution < -0.4 is 10.6 Å². The Kier molecular flexibility index (Phi) is 6.95. The Morgan fingerprint density at radius 3 is 2.42 bits per heavy atom. The second kappa shape index (κ2) is 9.17. The van der Waals surface area contributed by atoms with Crippen molar-refractivity contribution in [3.05, 3.63) is 52.8 Å². The fourth-order valence-electron chi connectivity index (χ4n) is 2.74. The molecular formula is C20H28N4O2. The van der Waals surface area contributed by atoms with Gasteiger partial charge in [-0.2, -0.15) is 5.10 Å². The predicted octanol–water partition coefficient (Wildman–Crippen LogP) is 2.91. The molecule has 2 N–H and O–H groups in total. The molecule has 0 saturated heterocycles. The Hall–Kier alpha value is -2.63. The molecule has 140 valence electrons. The summed E-state index contributed by atoms with van der Waals surface area (Å²) in [5.41, 5.74) is 3.44. The smallest absolute Gasteiger partial charge is 0.251 e. The van der Waals surface area contributed by atoms with Gasteiger partial charge < -0.3 is 10.6 Å². The van der Waals surface area contributed by atoms with Gasteiger partial charge in [0.2, 0.25) is 5.91 Å². The van der Waals surface area contributed by atoms with E-state index in [9.17, 15) is 9.59 Å². The van der Waals surface area contributed by atoms with Crippen molar-refractivity contribution in [1.82, 2.24) is 20.4 Å². The lowest BCUT2D eigenvalue weighted by molar-refractivity contribution is -0.124. The summed E-state index contributed by atoms with van der Waals surface area (Å²) < 4.78 is 1.73. The molecular weight excluding hydrogens is 328 g/mol. The third kappa shape index (κ3) is 5.18. The first-order valence-electron chi connectivity index (χ1n) is 9.10. The average Bonchev–Trinajstić information content (AvgIpc) is 2.97. The number of aryl methyl sites for hydroxylation is 2. The molecule has 26 heavy (non-hydrogen) atoms. The maximum Gasteiger partial charge on any atom is 0.251 e. The maximum absolute atomic E-state index is 12.4. The fraction of sp³-hybridized carbons (Fsp3) is 0.450. The molecule has 0 bridgehead atoms. The minimum Gasteiger partial charge on any atom is -0.352 e. The van der Waals surface area contributed by atoms with Crippen molar-refractivity contribution in [1.29, 1.82) is 0 Å². The molecule has 0 aliphatic rings. The van der Waals surface area contributed by atoms with Crippen molar-refractivity contribution in [2.24, 2.45) is 0 Å². The fourth-order valence-corrected chi connectivity index (χ4v) is 2.74. The van der Waals surface area contributed by atoms with Crippen LogP contribution in [-0.2, 0) is 11.3 Å². The van der Waals surface area contributed by atoms with Crippen molar-refractivity contribution in [2.45, 2.75) is 53.1 Å². The molecule has 0 radical (unpaired) electrons. The zero-order chi connectivity index (χ0) is 19.1. The van der Waals surface area contributed by atoms with E-state index in [0.717, 1.165) is 29.8 Å². The van der Waals surface area contributed by atoms with Gasteiger partial charge in [0.1, 0.15) is 6.04 Å². The molecule has 6 nitrogen and oxygen atoms in total. The highest BCUT2D eigenvalue weighted by Crippen LogP contribution is 2.11. The van der Waals surface area contributed by atoms with Crippen LogP contribution in [0.3, 0.4) is 0 Å². The summed E-state index contributed by atoms with van der Waals surface area (Å²) in [4.78, 5) is 24.4. The van der Waals surface area contributed by atoms with Crippen LogP contribution in [0.25, 0.3) is 0 Å². The molecule has 1 aromatic heterocycles. The van der Waals surface area contributed by atoms with Gasteiger partial charge in [0.15, 0.2) is 0 Å². The first kappa shape index (κ1) is 19.7. The van der Waals surface area contributed by atoms with Crippen LogP contribution in [0.1, 0.15) is 60.0 Å². The molecule has 0 saturated carbocycles. The standard InChI is InChI=1S/C20H28N4O2/c1-5-6-11-21-20(26)18-9-7-17(8-10-18)13-22-19(25)16(4)24-15(3)12-14(2)23-24/h7-10,12,16H,5-6,11,13H2,1-4H3,(H,21,26)(H,22,25). The summed E-state index contributed by atoms with van der Waals surface area (Å²) in [5, 5.41) is 10.2. The van der Waals surface area contributed by atoms with Crippen LogP contribution in [0.4, 0.5) is 0 Å². The number of carbonyl (C=O) groups is 2. The highest BCUT2D eigenvalue weighted by atomic mass is 16.2. The summed E-state index contributed by atoms with van der Waals surface area (Å²) in [6.45, 7) is 8.88. The van der Waals surface area contributed by atoms with Gasteiger partial charge in [-0.1, -0.05) is 25.5 Å². The van der Waals surface area contributed by atoms with Crippen LogP contribution in [0.15, 0.2) is 30.3 Å². The molecule has 0 aliphatic heterocycles. The third-order valence-electron chi connectivity index (χ3n) is 4.29. The lowest BCUT2D eigenvalue weighted by Crippen LogP contribution is -2.31. The Labute approximate surface area is 155 Å². The third-order valence-corrected chi connectivity index (χ3v) is 4.29. The molecule has 2 rings (SSSR count). The number of amides is 2. The molecule has 2 aromatic rings. The monoisotopic (exact) mass is 356 g/mol. The Bertz CT molecular complexity index is 750. The Balaban J connectivity index is 1.88. The van der Waals surface area contributed by atoms with E-state index in [4.69, 9.17) is 0 Å². The normalized spacial score (nSPS) is 11.8. The number of unbranched alkanes of at least 4 members (excludes halogenated alkanes) is 1. The summed E-state index contributed by atoms with van der Waals surface area (Å²) >= 11 is 0. The summed E-state index contributed by atoms with van der Waals surface area (Å²) in [7, 11) is 0. The first-order valence-corrected chi connectivity index (χ1v) is 9.10. The van der Waals surface area contributed by atoms with Gasteiger partial charge >= 0.3 is 0 Å². The second-order valence-corrected chi connectivity index (χ2v) is 6.57. The molecule has 1 aromatic carbocycles. The number of aromatic nitrogens is 2. The second-order valence-electron chi connectivity index (χ2n) is 6.57. The van der Waals surface area contributed by atoms with Gasteiger partial charge in [-0.05, 0) is 51.0 Å². The van der Waals surface area contributed by atoms with Gasteiger partial charge in [0.05, 0.1) is 5.69 Å². The number of hydrogen-bond donors (Lipinski definition) is 2. The van der Waals surface area contributed by atoms with E-state index in [0.29, 0.717) is 18.7 Å². The highest BCUT2D eigenvalue weighted by molar-refractivity contribution is 5.94. The van der Waals surface area contributed by atoms with Gasteiger partial charge in [0, 0.05) is 24.3 Å². The van der Waals surface area contributed by atoms with Crippen LogP contribution in [0.2, 0.25) is 0 Å². The predicted molar refractivity (Wildman–Crippen MR) is 102 cm³/mol. The molecule has 1 atom stereocenters. The zero-order valence-electron chi connectivity index (χ0n) is 16.0. The maximum atomic E-state index is 12.4. The number of nitrogens with zero attached hydrogens (tertiary/aromatic N) is 2. The van der Waals surface area contributed by atoms with Crippen LogP contribution in [0.5, 0.6) is 0 Å². The molecule has 2 amide bonds. The number of rotatable bonds is 8. The van der Waals surface area contributed by atoms with Gasteiger partial charge in [-0.3, -0.25) is 14.3 Å². The van der Waals surface area contributed by atoms with Gasteiger partial charge in [-0.25, -0.2) is 0 Å². The van der Waals surface area contributed by atoms with Crippen molar-refractivity contribution in [3.63, 3.8) is 0 Å². The summed E-state index contributed by atoms with van der Waals surface area (Å²) in [6.07, 6.45) is 2.03. The van der Waals surface area contributed by atoms with E-state index in [1.165, 1.54) is 0 Å². The summed E-state index contributed by atoms with van der Waals surface area (Å²) in [5.74, 6) is -0.148. The molecule has 0 aliphatic carbocycles. The van der Waals surface area contributed by atoms with E-state index < -0.39 is 0 Å². The SMILES string of the molecule is CCCCNC(=O)c1ccc(CNC(=O)C(C)n2nc(C)cc2C)cc1. The lowest BCUT2D eigenvalue weighted by atomic mass is 10.1. The van der Waals surface area contributed by atoms with E-state index in [2.05, 4.69) is 22.7 Å². The Morgan fingerprint density at radius 2 is 1.85 bits per heavy atom. The molecule has 0 spiro atoms. The van der Waals surface area contributed by atoms with E-state index in [1.54, 1.807) is 16.8 Å². The van der Waals surface area contributed by atoms with E-state index >= 15 is 0 Å². The first-order chi connectivity index (χ1) is 12.4. The lowest BCUT2D eigenvalue weighted by Gasteiger charge is -2.14. The highest BCUT2D eigenvalue weighted by Gasteiger charge is 2.17. The number of benzene rings is 1. The topological polar surface area (TPSA) is 76.0 Å². The number of hydrogen-bond acceptors (Lipinski definition) is 3. The van der Waals surface area contributed by atoms with E-state index in [1.807, 2.05) is 39.0 Å². The van der Waals surface area contributed by atoms with Gasteiger partial charge in [0.25, 0.3) is 5.91 Å². The van der Waals surface area contributed by atoms with Crippen LogP contribution in [-0.4, -0.2) is 28.1 Å². The van der Waals surface area contributed by atoms with E-state index in [-0.39, 0.29) is 17.9 Å². The quantitative estimate of drug-likeness (QED) is 0.714. The molecule has 1 heterocycles. The molecule has 6 heteroatoms. The van der Waals surface area contributed by atoms with Crippen molar-refractivity contribution < 1.29 is 9.59 Å². The zero-order valence-corrected chi connectivity index (χ0v) is 16.0. The number of carbonyl (C=O) groups excluding carboxylic acids is 2. The van der Waals surface area contributed by atoms with Crippen LogP contribution in [0, 0.1) is 13.8 Å². The van der Waals surface area contributed by atoms with Gasteiger partial charge in [-0.15, -0.1) is 0 Å². The average molecular weight is 356 g/mol. The molecule has 0 fully saturated rings. The minimum absolute atomic E-state index is 0.0628. The minimum atomic E-state index is -0.368. The summed E-state index contributed by atoms with van der Waals surface area (Å²) in [6, 6.07) is 8.88. The van der Waals surface area contributed by atoms with Crippen molar-refractivity contribution in [3.8, 4) is 0 Å². The Morgan fingerprint density at radius 1 is 1.15 bits per heavy atom. The molecule has 1 unspecified atom stereocenters. The largest absolute Gasteiger partial charge is 0.352 e. The van der Waals surface area contributed by atoms with Crippen LogP contribution >= 0.6 is 0 Å².